The fourth-order valence-electron chi connectivity index (χ4n) is 4.00. The molecule has 1 aromatic rings. The lowest BCUT2D eigenvalue weighted by atomic mass is 9.86. The minimum Gasteiger partial charge on any atom is -0.437 e. The van der Waals surface area contributed by atoms with Gasteiger partial charge in [-0.05, 0) is 45.6 Å². The van der Waals surface area contributed by atoms with E-state index in [1.807, 2.05) is 6.92 Å². The maximum Gasteiger partial charge on any atom is 0.425 e. The predicted molar refractivity (Wildman–Crippen MR) is 108 cm³/mol. The summed E-state index contributed by atoms with van der Waals surface area (Å²) in [4.78, 5) is 37.5. The van der Waals surface area contributed by atoms with Crippen molar-refractivity contribution in [2.75, 3.05) is 33.4 Å². The lowest BCUT2D eigenvalue weighted by Gasteiger charge is -2.47. The Morgan fingerprint density at radius 1 is 1.19 bits per heavy atom. The van der Waals surface area contributed by atoms with Crippen molar-refractivity contribution in [3.8, 4) is 0 Å². The number of carbonyl (C=O) groups excluding carboxylic acids is 2. The lowest BCUT2D eigenvalue weighted by Crippen LogP contribution is -2.59. The Hall–Kier alpha value is -2.43. The molecule has 0 aromatic carbocycles. The van der Waals surface area contributed by atoms with Gasteiger partial charge in [0.25, 0.3) is 0 Å². The molecule has 1 aliphatic heterocycles. The fraction of sp³-hybridized carbons (Fsp3) is 0.714. The van der Waals surface area contributed by atoms with Crippen molar-refractivity contribution >= 4 is 12.0 Å². The Bertz CT molecular complexity index is 809. The number of hydrogen-bond acceptors (Lipinski definition) is 6. The van der Waals surface area contributed by atoms with E-state index in [-0.39, 0.29) is 19.0 Å². The van der Waals surface area contributed by atoms with Gasteiger partial charge in [-0.1, -0.05) is 0 Å². The van der Waals surface area contributed by atoms with E-state index >= 15 is 0 Å². The normalized spacial score (nSPS) is 20.4. The van der Waals surface area contributed by atoms with E-state index in [2.05, 4.69) is 14.7 Å². The average Bonchev–Trinajstić information content (AvgIpc) is 3.56. The van der Waals surface area contributed by atoms with Crippen LogP contribution in [0.4, 0.5) is 18.0 Å². The molecule has 1 aliphatic carbocycles. The molecule has 1 aromatic heterocycles. The highest BCUT2D eigenvalue weighted by molar-refractivity contribution is 5.91. The number of amides is 2. The topological polar surface area (TPSA) is 84.9 Å². The molecule has 2 aliphatic rings. The van der Waals surface area contributed by atoms with Gasteiger partial charge in [0.05, 0.1) is 6.61 Å². The highest BCUT2D eigenvalue weighted by Crippen LogP contribution is 2.49. The van der Waals surface area contributed by atoms with Crippen LogP contribution in [0.25, 0.3) is 0 Å². The van der Waals surface area contributed by atoms with E-state index in [4.69, 9.17) is 4.74 Å². The number of likely N-dealkylation sites (tertiary alicyclic amines) is 1. The van der Waals surface area contributed by atoms with Crippen LogP contribution in [0.2, 0.25) is 0 Å². The summed E-state index contributed by atoms with van der Waals surface area (Å²) < 4.78 is 47.9. The molecule has 1 saturated heterocycles. The summed E-state index contributed by atoms with van der Waals surface area (Å²) in [6, 6.07) is 1.70. The van der Waals surface area contributed by atoms with Gasteiger partial charge in [0, 0.05) is 44.7 Å². The third-order valence-corrected chi connectivity index (χ3v) is 6.41. The number of nitrogens with zero attached hydrogens (tertiary/aromatic N) is 4. The number of halogens is 3. The summed E-state index contributed by atoms with van der Waals surface area (Å²) >= 11 is 0. The number of ether oxygens (including phenoxy) is 2. The Balaban J connectivity index is 1.71. The molecule has 2 heterocycles. The molecule has 32 heavy (non-hydrogen) atoms. The first-order valence-corrected chi connectivity index (χ1v) is 10.6. The van der Waals surface area contributed by atoms with E-state index in [1.165, 1.54) is 4.90 Å². The third kappa shape index (κ3) is 4.97. The highest BCUT2D eigenvalue weighted by atomic mass is 19.4. The maximum atomic E-state index is 13.7. The monoisotopic (exact) mass is 458 g/mol. The zero-order valence-electron chi connectivity index (χ0n) is 18.5. The van der Waals surface area contributed by atoms with Crippen molar-refractivity contribution in [3.63, 3.8) is 0 Å². The second-order valence-electron chi connectivity index (χ2n) is 8.66. The van der Waals surface area contributed by atoms with Gasteiger partial charge < -0.3 is 19.3 Å². The van der Waals surface area contributed by atoms with Gasteiger partial charge in [0.1, 0.15) is 11.2 Å². The SMILES string of the molecule is COCCN(C(=O)C1(c2ncccn2)CC1)C1(C)CCN(C(=O)OC(C)C(F)(F)F)CC1. The van der Waals surface area contributed by atoms with Crippen LogP contribution in [0.15, 0.2) is 18.5 Å². The largest absolute Gasteiger partial charge is 0.437 e. The first-order valence-electron chi connectivity index (χ1n) is 10.6. The predicted octanol–water partition coefficient (Wildman–Crippen LogP) is 2.93. The van der Waals surface area contributed by atoms with Crippen LogP contribution in [0.5, 0.6) is 0 Å². The molecule has 2 fully saturated rings. The molecule has 0 spiro atoms. The Labute approximate surface area is 185 Å². The standard InChI is InChI=1S/C21H29F3N4O4/c1-15(21(22,23)24)32-18(30)27-11-7-19(2,8-12-27)28(13-14-31-3)17(29)20(5-6-20)16-25-9-4-10-26-16/h4,9-10,15H,5-8,11-14H2,1-3H3. The molecule has 8 nitrogen and oxygen atoms in total. The van der Waals surface area contributed by atoms with Gasteiger partial charge in [-0.3, -0.25) is 4.79 Å². The molecular weight excluding hydrogens is 429 g/mol. The molecule has 178 valence electrons. The van der Waals surface area contributed by atoms with Crippen LogP contribution in [-0.2, 0) is 19.7 Å². The van der Waals surface area contributed by atoms with Gasteiger partial charge in [0.15, 0.2) is 6.10 Å². The lowest BCUT2D eigenvalue weighted by molar-refractivity contribution is -0.200. The van der Waals surface area contributed by atoms with Gasteiger partial charge in [-0.2, -0.15) is 13.2 Å². The number of aromatic nitrogens is 2. The van der Waals surface area contributed by atoms with Crippen LogP contribution in [0, 0.1) is 0 Å². The molecule has 11 heteroatoms. The van der Waals surface area contributed by atoms with Crippen LogP contribution in [-0.4, -0.2) is 82.9 Å². The zero-order chi connectivity index (χ0) is 23.6. The van der Waals surface area contributed by atoms with E-state index in [9.17, 15) is 22.8 Å². The summed E-state index contributed by atoms with van der Waals surface area (Å²) in [5, 5.41) is 0. The van der Waals surface area contributed by atoms with Crippen molar-refractivity contribution < 1.29 is 32.2 Å². The number of hydrogen-bond donors (Lipinski definition) is 0. The molecular formula is C21H29F3N4O4. The number of piperidine rings is 1. The van der Waals surface area contributed by atoms with Gasteiger partial charge in [0.2, 0.25) is 5.91 Å². The summed E-state index contributed by atoms with van der Waals surface area (Å²) in [5.74, 6) is 0.420. The second kappa shape index (κ2) is 9.21. The minimum absolute atomic E-state index is 0.0787. The molecule has 1 unspecified atom stereocenters. The Morgan fingerprint density at radius 3 is 2.28 bits per heavy atom. The van der Waals surface area contributed by atoms with Gasteiger partial charge in [-0.25, -0.2) is 14.8 Å². The Morgan fingerprint density at radius 2 is 1.78 bits per heavy atom. The molecule has 0 N–H and O–H groups in total. The van der Waals surface area contributed by atoms with Crippen molar-refractivity contribution in [3.05, 3.63) is 24.3 Å². The van der Waals surface area contributed by atoms with Crippen LogP contribution in [0.1, 0.15) is 45.4 Å². The first kappa shape index (κ1) is 24.2. The summed E-state index contributed by atoms with van der Waals surface area (Å²) in [6.07, 6.45) is -2.43. The first-order chi connectivity index (χ1) is 15.0. The quantitative estimate of drug-likeness (QED) is 0.625. The summed E-state index contributed by atoms with van der Waals surface area (Å²) in [7, 11) is 1.55. The number of methoxy groups -OCH3 is 1. The molecule has 1 atom stereocenters. The summed E-state index contributed by atoms with van der Waals surface area (Å²) in [5.41, 5.74) is -1.34. The van der Waals surface area contributed by atoms with Crippen LogP contribution in [0.3, 0.4) is 0 Å². The zero-order valence-corrected chi connectivity index (χ0v) is 18.5. The van der Waals surface area contributed by atoms with Crippen molar-refractivity contribution in [2.45, 2.75) is 62.8 Å². The van der Waals surface area contributed by atoms with Gasteiger partial charge in [-0.15, -0.1) is 0 Å². The van der Waals surface area contributed by atoms with Gasteiger partial charge >= 0.3 is 12.3 Å². The molecule has 1 saturated carbocycles. The molecule has 0 radical (unpaired) electrons. The fourth-order valence-corrected chi connectivity index (χ4v) is 4.00. The maximum absolute atomic E-state index is 13.7. The van der Waals surface area contributed by atoms with E-state index in [0.29, 0.717) is 44.7 Å². The van der Waals surface area contributed by atoms with Crippen LogP contribution < -0.4 is 0 Å². The summed E-state index contributed by atoms with van der Waals surface area (Å²) in [6.45, 7) is 3.80. The molecule has 3 rings (SSSR count). The van der Waals surface area contributed by atoms with E-state index in [0.717, 1.165) is 6.92 Å². The molecule has 0 bridgehead atoms. The number of carbonyl (C=O) groups is 2. The van der Waals surface area contributed by atoms with Crippen molar-refractivity contribution in [1.29, 1.82) is 0 Å². The average molecular weight is 458 g/mol. The Kier molecular flexibility index (Phi) is 6.97. The molecule has 2 amide bonds. The number of alkyl halides is 3. The third-order valence-electron chi connectivity index (χ3n) is 6.41. The van der Waals surface area contributed by atoms with E-state index < -0.39 is 29.3 Å². The highest BCUT2D eigenvalue weighted by Gasteiger charge is 2.58. The van der Waals surface area contributed by atoms with Crippen LogP contribution >= 0.6 is 0 Å². The van der Waals surface area contributed by atoms with Crippen molar-refractivity contribution in [1.82, 2.24) is 19.8 Å². The smallest absolute Gasteiger partial charge is 0.425 e. The minimum atomic E-state index is -4.61. The number of rotatable bonds is 7. The van der Waals surface area contributed by atoms with E-state index in [1.54, 1.807) is 30.5 Å². The second-order valence-corrected chi connectivity index (χ2v) is 8.66. The van der Waals surface area contributed by atoms with Crippen molar-refractivity contribution in [2.24, 2.45) is 0 Å².